The molecule has 2 fully saturated rings. The van der Waals surface area contributed by atoms with Crippen LogP contribution in [0.5, 0.6) is 5.75 Å². The third kappa shape index (κ3) is 4.22. The lowest BCUT2D eigenvalue weighted by molar-refractivity contribution is -0.136. The zero-order chi connectivity index (χ0) is 20.2. The van der Waals surface area contributed by atoms with E-state index in [1.54, 1.807) is 19.2 Å². The van der Waals surface area contributed by atoms with E-state index < -0.39 is 0 Å². The molecule has 1 atom stereocenters. The van der Waals surface area contributed by atoms with Gasteiger partial charge in [-0.1, -0.05) is 30.3 Å². The lowest BCUT2D eigenvalue weighted by Crippen LogP contribution is -2.53. The molecule has 0 aliphatic carbocycles. The number of ether oxygens (including phenoxy) is 1. The molecule has 2 aliphatic rings. The molecule has 2 saturated heterocycles. The average molecular weight is 397 g/mol. The molecule has 2 aliphatic heterocycles. The summed E-state index contributed by atoms with van der Waals surface area (Å²) in [4.78, 5) is 19.6. The maximum Gasteiger partial charge on any atom is 0.240 e. The van der Waals surface area contributed by atoms with Crippen LogP contribution in [0.2, 0.25) is 0 Å². The van der Waals surface area contributed by atoms with Crippen LogP contribution in [0.15, 0.2) is 48.5 Å². The molecule has 0 N–H and O–H groups in total. The van der Waals surface area contributed by atoms with Gasteiger partial charge in [-0.3, -0.25) is 9.69 Å². The van der Waals surface area contributed by atoms with Gasteiger partial charge in [0, 0.05) is 38.3 Å². The Balaban J connectivity index is 1.38. The second-order valence-electron chi connectivity index (χ2n) is 7.70. The van der Waals surface area contributed by atoms with Crippen LogP contribution in [-0.2, 0) is 11.3 Å². The molecule has 2 aromatic carbocycles. The number of nitrogens with zero attached hydrogens (tertiary/aromatic N) is 3. The van der Waals surface area contributed by atoms with Crippen molar-refractivity contribution in [1.29, 1.82) is 0 Å². The number of amides is 1. The first-order chi connectivity index (χ1) is 14.2. The van der Waals surface area contributed by atoms with Gasteiger partial charge in [0.2, 0.25) is 5.91 Å². The maximum absolute atomic E-state index is 14.1. The van der Waals surface area contributed by atoms with Gasteiger partial charge in [-0.25, -0.2) is 4.39 Å². The second kappa shape index (κ2) is 8.82. The Kier molecular flexibility index (Phi) is 6.00. The van der Waals surface area contributed by atoms with Crippen molar-refractivity contribution >= 4 is 11.6 Å². The highest BCUT2D eigenvalue weighted by molar-refractivity contribution is 5.82. The fraction of sp³-hybridized carbons (Fsp3) is 0.435. The summed E-state index contributed by atoms with van der Waals surface area (Å²) in [6, 6.07) is 14.7. The summed E-state index contributed by atoms with van der Waals surface area (Å²) in [7, 11) is 1.68. The molecular formula is C23H28FN3O2. The Hall–Kier alpha value is -2.60. The topological polar surface area (TPSA) is 36.0 Å². The van der Waals surface area contributed by atoms with Crippen LogP contribution >= 0.6 is 0 Å². The minimum absolute atomic E-state index is 0.146. The highest BCUT2D eigenvalue weighted by atomic mass is 19.1. The third-order valence-electron chi connectivity index (χ3n) is 6.00. The van der Waals surface area contributed by atoms with E-state index in [-0.39, 0.29) is 17.8 Å². The van der Waals surface area contributed by atoms with Gasteiger partial charge in [0.1, 0.15) is 11.6 Å². The lowest BCUT2D eigenvalue weighted by atomic mass is 10.1. The van der Waals surface area contributed by atoms with Gasteiger partial charge in [-0.05, 0) is 37.6 Å². The van der Waals surface area contributed by atoms with Crippen molar-refractivity contribution < 1.29 is 13.9 Å². The Labute approximate surface area is 171 Å². The average Bonchev–Trinajstić information content (AvgIpc) is 3.23. The molecule has 1 unspecified atom stereocenters. The van der Waals surface area contributed by atoms with E-state index in [0.717, 1.165) is 43.9 Å². The van der Waals surface area contributed by atoms with Crippen LogP contribution in [-0.4, -0.2) is 61.6 Å². The number of halogens is 1. The number of piperazine rings is 1. The van der Waals surface area contributed by atoms with E-state index in [0.29, 0.717) is 25.2 Å². The van der Waals surface area contributed by atoms with Crippen LogP contribution in [0, 0.1) is 5.82 Å². The number of benzene rings is 2. The molecule has 29 heavy (non-hydrogen) atoms. The van der Waals surface area contributed by atoms with Gasteiger partial charge in [0.05, 0.1) is 18.8 Å². The van der Waals surface area contributed by atoms with Crippen molar-refractivity contribution in [2.24, 2.45) is 0 Å². The molecule has 0 bridgehead atoms. The Bertz CT molecular complexity index is 852. The Morgan fingerprint density at radius 1 is 1.03 bits per heavy atom. The molecule has 4 rings (SSSR count). The summed E-state index contributed by atoms with van der Waals surface area (Å²) >= 11 is 0. The van der Waals surface area contributed by atoms with Gasteiger partial charge in [-0.2, -0.15) is 0 Å². The SMILES string of the molecule is COc1ccccc1N1CCN(C(=O)C2CCCN2Cc2ccccc2F)CC1. The van der Waals surface area contributed by atoms with E-state index in [9.17, 15) is 9.18 Å². The fourth-order valence-electron chi connectivity index (χ4n) is 4.41. The van der Waals surface area contributed by atoms with E-state index in [1.165, 1.54) is 6.07 Å². The van der Waals surface area contributed by atoms with E-state index in [1.807, 2.05) is 29.2 Å². The van der Waals surface area contributed by atoms with Crippen molar-refractivity contribution in [3.05, 3.63) is 59.9 Å². The first-order valence-electron chi connectivity index (χ1n) is 10.3. The Morgan fingerprint density at radius 2 is 1.76 bits per heavy atom. The summed E-state index contributed by atoms with van der Waals surface area (Å²) in [5, 5.41) is 0. The number of methoxy groups -OCH3 is 1. The van der Waals surface area contributed by atoms with E-state index >= 15 is 0 Å². The molecule has 154 valence electrons. The van der Waals surface area contributed by atoms with Crippen LogP contribution in [0.3, 0.4) is 0 Å². The van der Waals surface area contributed by atoms with Gasteiger partial charge < -0.3 is 14.5 Å². The summed E-state index contributed by atoms with van der Waals surface area (Å²) in [5.41, 5.74) is 1.73. The molecule has 2 heterocycles. The summed E-state index contributed by atoms with van der Waals surface area (Å²) in [6.07, 6.45) is 1.83. The van der Waals surface area contributed by atoms with E-state index in [2.05, 4.69) is 15.9 Å². The van der Waals surface area contributed by atoms with Crippen molar-refractivity contribution in [3.63, 3.8) is 0 Å². The van der Waals surface area contributed by atoms with Crippen molar-refractivity contribution in [3.8, 4) is 5.75 Å². The second-order valence-corrected chi connectivity index (χ2v) is 7.70. The Morgan fingerprint density at radius 3 is 2.52 bits per heavy atom. The standard InChI is InChI=1S/C23H28FN3O2/c1-29-22-11-5-4-9-20(22)25-13-15-26(16-14-25)23(28)21-10-6-12-27(21)17-18-7-2-3-8-19(18)24/h2-5,7-9,11,21H,6,10,12-17H2,1H3. The van der Waals surface area contributed by atoms with Crippen molar-refractivity contribution in [2.75, 3.05) is 44.7 Å². The normalized spacial score (nSPS) is 20.1. The number of para-hydroxylation sites is 2. The molecule has 0 aromatic heterocycles. The molecule has 6 heteroatoms. The smallest absolute Gasteiger partial charge is 0.240 e. The van der Waals surface area contributed by atoms with Crippen molar-refractivity contribution in [2.45, 2.75) is 25.4 Å². The fourth-order valence-corrected chi connectivity index (χ4v) is 4.41. The van der Waals surface area contributed by atoms with Gasteiger partial charge in [0.25, 0.3) is 0 Å². The maximum atomic E-state index is 14.1. The van der Waals surface area contributed by atoms with Gasteiger partial charge >= 0.3 is 0 Å². The zero-order valence-electron chi connectivity index (χ0n) is 16.9. The minimum atomic E-state index is -0.198. The molecule has 0 radical (unpaired) electrons. The first-order valence-corrected chi connectivity index (χ1v) is 10.3. The summed E-state index contributed by atoms with van der Waals surface area (Å²) in [5.74, 6) is 0.841. The van der Waals surface area contributed by atoms with Crippen LogP contribution in [0.25, 0.3) is 0 Å². The predicted molar refractivity (Wildman–Crippen MR) is 112 cm³/mol. The molecule has 5 nitrogen and oxygen atoms in total. The number of rotatable bonds is 5. The summed E-state index contributed by atoms with van der Waals surface area (Å²) in [6.45, 7) is 4.29. The number of hydrogen-bond donors (Lipinski definition) is 0. The molecule has 0 saturated carbocycles. The van der Waals surface area contributed by atoms with Gasteiger partial charge in [-0.15, -0.1) is 0 Å². The van der Waals surface area contributed by atoms with Crippen LogP contribution < -0.4 is 9.64 Å². The highest BCUT2D eigenvalue weighted by Gasteiger charge is 2.35. The quantitative estimate of drug-likeness (QED) is 0.777. The van der Waals surface area contributed by atoms with Crippen molar-refractivity contribution in [1.82, 2.24) is 9.80 Å². The zero-order valence-corrected chi connectivity index (χ0v) is 16.9. The number of carbonyl (C=O) groups is 1. The number of likely N-dealkylation sites (tertiary alicyclic amines) is 1. The predicted octanol–water partition coefficient (Wildman–Crippen LogP) is 3.15. The summed E-state index contributed by atoms with van der Waals surface area (Å²) < 4.78 is 19.5. The third-order valence-corrected chi connectivity index (χ3v) is 6.00. The van der Waals surface area contributed by atoms with Crippen LogP contribution in [0.1, 0.15) is 18.4 Å². The van der Waals surface area contributed by atoms with Crippen LogP contribution in [0.4, 0.5) is 10.1 Å². The minimum Gasteiger partial charge on any atom is -0.495 e. The van der Waals surface area contributed by atoms with Gasteiger partial charge in [0.15, 0.2) is 0 Å². The largest absolute Gasteiger partial charge is 0.495 e. The lowest BCUT2D eigenvalue weighted by Gasteiger charge is -2.38. The molecule has 2 aromatic rings. The number of carbonyl (C=O) groups excluding carboxylic acids is 1. The molecule has 1 amide bonds. The van der Waals surface area contributed by atoms with E-state index in [4.69, 9.17) is 4.74 Å². The molecule has 0 spiro atoms. The molecular weight excluding hydrogens is 369 g/mol. The number of hydrogen-bond acceptors (Lipinski definition) is 4. The first kappa shape index (κ1) is 19.7. The monoisotopic (exact) mass is 397 g/mol. The highest BCUT2D eigenvalue weighted by Crippen LogP contribution is 2.29. The number of anilines is 1.